The number of nitrogens with zero attached hydrogens (tertiary/aromatic N) is 8. The van der Waals surface area contributed by atoms with E-state index in [0.717, 1.165) is 35.8 Å². The number of amides is 1. The molecule has 10 heteroatoms. The lowest BCUT2D eigenvalue weighted by Gasteiger charge is -2.26. The van der Waals surface area contributed by atoms with Crippen LogP contribution >= 0.6 is 0 Å². The molecule has 4 rings (SSSR count). The van der Waals surface area contributed by atoms with E-state index in [4.69, 9.17) is 9.72 Å². The van der Waals surface area contributed by atoms with Crippen LogP contribution in [-0.2, 0) is 17.8 Å². The van der Waals surface area contributed by atoms with Crippen LogP contribution in [0.5, 0.6) is 0 Å². The number of para-hydroxylation sites is 2. The molecule has 0 spiro atoms. The van der Waals surface area contributed by atoms with Crippen LogP contribution in [0.1, 0.15) is 33.0 Å². The molecule has 0 radical (unpaired) electrons. The van der Waals surface area contributed by atoms with Crippen molar-refractivity contribution < 1.29 is 9.53 Å². The summed E-state index contributed by atoms with van der Waals surface area (Å²) >= 11 is 0. The lowest BCUT2D eigenvalue weighted by Crippen LogP contribution is -2.39. The quantitative estimate of drug-likeness (QED) is 0.632. The molecule has 0 atom stereocenters. The molecule has 0 aliphatic carbocycles. The lowest BCUT2D eigenvalue weighted by atomic mass is 10.2. The molecule has 166 valence electrons. The number of carbonyl (C=O) groups is 1. The van der Waals surface area contributed by atoms with Crippen LogP contribution in [0.3, 0.4) is 0 Å². The number of benzene rings is 1. The van der Waals surface area contributed by atoms with Gasteiger partial charge in [0, 0.05) is 32.7 Å². The average Bonchev–Trinajstić information content (AvgIpc) is 3.18. The van der Waals surface area contributed by atoms with Crippen molar-refractivity contribution >= 4 is 23.1 Å². The van der Waals surface area contributed by atoms with Crippen LogP contribution in [0.25, 0.3) is 11.0 Å². The highest BCUT2D eigenvalue weighted by Gasteiger charge is 2.26. The summed E-state index contributed by atoms with van der Waals surface area (Å²) in [6.07, 6.45) is 0.603. The third-order valence-electron chi connectivity index (χ3n) is 5.31. The van der Waals surface area contributed by atoms with Crippen LogP contribution in [0.15, 0.2) is 24.3 Å². The maximum absolute atomic E-state index is 12.5. The van der Waals surface area contributed by atoms with E-state index in [1.54, 1.807) is 9.58 Å². The van der Waals surface area contributed by atoms with Crippen molar-refractivity contribution in [3.63, 3.8) is 0 Å². The smallest absolute Gasteiger partial charge is 0.410 e. The van der Waals surface area contributed by atoms with Gasteiger partial charge in [-0.2, -0.15) is 0 Å². The predicted molar refractivity (Wildman–Crippen MR) is 117 cm³/mol. The van der Waals surface area contributed by atoms with Crippen molar-refractivity contribution in [3.05, 3.63) is 30.1 Å². The number of hydrogen-bond donors (Lipinski definition) is 0. The van der Waals surface area contributed by atoms with Gasteiger partial charge in [0.15, 0.2) is 0 Å². The summed E-state index contributed by atoms with van der Waals surface area (Å²) in [5.74, 6) is 1.70. The molecule has 10 nitrogen and oxygen atoms in total. The first-order chi connectivity index (χ1) is 14.8. The highest BCUT2D eigenvalue weighted by Crippen LogP contribution is 2.24. The van der Waals surface area contributed by atoms with E-state index in [-0.39, 0.29) is 6.09 Å². The average molecular weight is 427 g/mol. The normalized spacial score (nSPS) is 15.4. The van der Waals surface area contributed by atoms with E-state index in [9.17, 15) is 4.79 Å². The van der Waals surface area contributed by atoms with E-state index in [1.165, 1.54) is 0 Å². The Labute approximate surface area is 181 Å². The molecule has 1 aliphatic rings. The second-order valence-corrected chi connectivity index (χ2v) is 8.81. The lowest BCUT2D eigenvalue weighted by molar-refractivity contribution is 0.0263. The van der Waals surface area contributed by atoms with Gasteiger partial charge in [0.2, 0.25) is 5.95 Å². The molecule has 1 saturated heterocycles. The summed E-state index contributed by atoms with van der Waals surface area (Å²) in [6, 6.07) is 8.15. The van der Waals surface area contributed by atoms with E-state index in [0.29, 0.717) is 32.7 Å². The Morgan fingerprint density at radius 1 is 1.10 bits per heavy atom. The number of anilines is 1. The third kappa shape index (κ3) is 4.78. The molecule has 1 aromatic carbocycles. The number of aryl methyl sites for hydroxylation is 3. The number of ether oxygens (including phenoxy) is 1. The second-order valence-electron chi connectivity index (χ2n) is 8.81. The van der Waals surface area contributed by atoms with Crippen molar-refractivity contribution in [1.29, 1.82) is 0 Å². The van der Waals surface area contributed by atoms with Gasteiger partial charge < -0.3 is 19.1 Å². The first-order valence-corrected chi connectivity index (χ1v) is 10.7. The van der Waals surface area contributed by atoms with Crippen molar-refractivity contribution in [2.24, 2.45) is 0 Å². The Balaban J connectivity index is 1.54. The zero-order chi connectivity index (χ0) is 22.0. The SMILES string of the molecule is Cc1nnnn1CCn1c(N2CCCN(C(=O)OC(C)(C)C)CC2)nc2ccccc21. The number of carbonyl (C=O) groups excluding carboxylic acids is 1. The van der Waals surface area contributed by atoms with Crippen molar-refractivity contribution in [3.8, 4) is 0 Å². The summed E-state index contributed by atoms with van der Waals surface area (Å²) in [6.45, 7) is 11.7. The Bertz CT molecular complexity index is 1050. The molecule has 3 heterocycles. The summed E-state index contributed by atoms with van der Waals surface area (Å²) < 4.78 is 9.58. The van der Waals surface area contributed by atoms with E-state index >= 15 is 0 Å². The molecule has 0 bridgehead atoms. The fraction of sp³-hybridized carbons (Fsp3) is 0.571. The molecule has 1 amide bonds. The fourth-order valence-corrected chi connectivity index (χ4v) is 3.80. The van der Waals surface area contributed by atoms with Crippen LogP contribution in [0.2, 0.25) is 0 Å². The van der Waals surface area contributed by atoms with Gasteiger partial charge in [0.1, 0.15) is 11.4 Å². The second kappa shape index (κ2) is 8.52. The van der Waals surface area contributed by atoms with Crippen molar-refractivity contribution in [2.45, 2.75) is 52.8 Å². The molecule has 1 aliphatic heterocycles. The number of fused-ring (bicyclic) bond motifs is 1. The van der Waals surface area contributed by atoms with Gasteiger partial charge in [-0.25, -0.2) is 14.5 Å². The summed E-state index contributed by atoms with van der Waals surface area (Å²) in [4.78, 5) is 21.5. The minimum absolute atomic E-state index is 0.253. The van der Waals surface area contributed by atoms with Crippen molar-refractivity contribution in [2.75, 3.05) is 31.1 Å². The molecule has 0 unspecified atom stereocenters. The highest BCUT2D eigenvalue weighted by molar-refractivity contribution is 5.79. The zero-order valence-corrected chi connectivity index (χ0v) is 18.7. The minimum Gasteiger partial charge on any atom is -0.444 e. The standard InChI is InChI=1S/C21H30N8O2/c1-16-23-24-25-29(16)15-14-28-18-9-6-5-8-17(18)22-19(28)26-10-7-11-27(13-12-26)20(30)31-21(2,3)4/h5-6,8-9H,7,10-15H2,1-4H3. The Kier molecular flexibility index (Phi) is 5.79. The number of hydrogen-bond acceptors (Lipinski definition) is 7. The van der Waals surface area contributed by atoms with Gasteiger partial charge in [0.05, 0.1) is 17.6 Å². The molecule has 0 saturated carbocycles. The van der Waals surface area contributed by atoms with Crippen LogP contribution < -0.4 is 4.90 Å². The monoisotopic (exact) mass is 426 g/mol. The highest BCUT2D eigenvalue weighted by atomic mass is 16.6. The molecular weight excluding hydrogens is 396 g/mol. The van der Waals surface area contributed by atoms with E-state index < -0.39 is 5.60 Å². The minimum atomic E-state index is -0.495. The van der Waals surface area contributed by atoms with Gasteiger partial charge in [-0.05, 0) is 56.7 Å². The van der Waals surface area contributed by atoms with Gasteiger partial charge in [-0.15, -0.1) is 5.10 Å². The maximum Gasteiger partial charge on any atom is 0.410 e. The number of rotatable bonds is 4. The van der Waals surface area contributed by atoms with Crippen LogP contribution in [-0.4, -0.2) is 72.5 Å². The number of aromatic nitrogens is 6. The first kappa shape index (κ1) is 21.1. The predicted octanol–water partition coefficient (Wildman–Crippen LogP) is 2.48. The Hall–Kier alpha value is -3.17. The van der Waals surface area contributed by atoms with Crippen LogP contribution in [0, 0.1) is 6.92 Å². The molecule has 3 aromatic rings. The Morgan fingerprint density at radius 2 is 1.90 bits per heavy atom. The Morgan fingerprint density at radius 3 is 2.65 bits per heavy atom. The third-order valence-corrected chi connectivity index (χ3v) is 5.31. The molecule has 2 aromatic heterocycles. The number of tetrazole rings is 1. The van der Waals surface area contributed by atoms with Gasteiger partial charge in [-0.3, -0.25) is 0 Å². The van der Waals surface area contributed by atoms with Crippen LogP contribution in [0.4, 0.5) is 10.7 Å². The largest absolute Gasteiger partial charge is 0.444 e. The number of imidazole rings is 1. The van der Waals surface area contributed by atoms with E-state index in [1.807, 2.05) is 45.9 Å². The summed E-state index contributed by atoms with van der Waals surface area (Å²) in [5.41, 5.74) is 1.54. The van der Waals surface area contributed by atoms with Gasteiger partial charge in [0.25, 0.3) is 0 Å². The summed E-state index contributed by atoms with van der Waals surface area (Å²) in [5, 5.41) is 11.8. The van der Waals surface area contributed by atoms with Gasteiger partial charge in [-0.1, -0.05) is 12.1 Å². The first-order valence-electron chi connectivity index (χ1n) is 10.7. The molecule has 1 fully saturated rings. The topological polar surface area (TPSA) is 94.2 Å². The molecule has 0 N–H and O–H groups in total. The van der Waals surface area contributed by atoms with E-state index in [2.05, 4.69) is 31.1 Å². The molecular formula is C21H30N8O2. The summed E-state index contributed by atoms with van der Waals surface area (Å²) in [7, 11) is 0. The fourth-order valence-electron chi connectivity index (χ4n) is 3.80. The molecule has 31 heavy (non-hydrogen) atoms. The van der Waals surface area contributed by atoms with Crippen molar-refractivity contribution in [1.82, 2.24) is 34.7 Å². The van der Waals surface area contributed by atoms with Gasteiger partial charge >= 0.3 is 6.09 Å². The zero-order valence-electron chi connectivity index (χ0n) is 18.7. The maximum atomic E-state index is 12.5.